The Bertz CT molecular complexity index is 328. The molecule has 1 aromatic heterocycles. The number of ether oxygens (including phenoxy) is 2. The molecule has 0 amide bonds. The summed E-state index contributed by atoms with van der Waals surface area (Å²) in [5.41, 5.74) is 5.91. The first kappa shape index (κ1) is 11.5. The zero-order chi connectivity index (χ0) is 11.1. The number of amidine groups is 1. The smallest absolute Gasteiger partial charge is 0.224 e. The van der Waals surface area contributed by atoms with E-state index in [2.05, 4.69) is 4.98 Å². The van der Waals surface area contributed by atoms with Gasteiger partial charge < -0.3 is 15.2 Å². The molecule has 0 unspecified atom stereocenters. The van der Waals surface area contributed by atoms with E-state index in [0.29, 0.717) is 24.7 Å². The molecule has 5 heteroatoms. The Morgan fingerprint density at radius 2 is 2.33 bits per heavy atom. The monoisotopic (exact) mass is 209 g/mol. The van der Waals surface area contributed by atoms with Crippen molar-refractivity contribution >= 4 is 5.84 Å². The van der Waals surface area contributed by atoms with Gasteiger partial charge in [0.25, 0.3) is 0 Å². The number of hydrogen-bond acceptors (Lipinski definition) is 4. The Labute approximate surface area is 88.7 Å². The Balaban J connectivity index is 2.56. The highest BCUT2D eigenvalue weighted by Crippen LogP contribution is 2.13. The summed E-state index contributed by atoms with van der Waals surface area (Å²) in [6.45, 7) is 1.15. The molecule has 1 rings (SSSR count). The number of rotatable bonds is 6. The molecule has 0 aromatic carbocycles. The molecule has 0 atom stereocenters. The standard InChI is InChI=1S/C10H15N3O2/c1-14-6-3-7-15-10-8(9(11)12)4-2-5-13-10/h2,4-5H,3,6-7H2,1H3,(H3,11,12). The molecule has 0 spiro atoms. The minimum Gasteiger partial charge on any atom is -0.477 e. The van der Waals surface area contributed by atoms with E-state index in [-0.39, 0.29) is 5.84 Å². The summed E-state index contributed by atoms with van der Waals surface area (Å²) in [5, 5.41) is 7.33. The second kappa shape index (κ2) is 5.98. The predicted octanol–water partition coefficient (Wildman–Crippen LogP) is 0.781. The molecule has 0 aliphatic carbocycles. The van der Waals surface area contributed by atoms with Crippen LogP contribution in [0.2, 0.25) is 0 Å². The molecule has 15 heavy (non-hydrogen) atoms. The highest BCUT2D eigenvalue weighted by molar-refractivity contribution is 5.96. The third-order valence-electron chi connectivity index (χ3n) is 1.79. The maximum Gasteiger partial charge on any atom is 0.224 e. The van der Waals surface area contributed by atoms with E-state index in [1.54, 1.807) is 25.4 Å². The van der Waals surface area contributed by atoms with Crippen molar-refractivity contribution in [2.75, 3.05) is 20.3 Å². The largest absolute Gasteiger partial charge is 0.477 e. The van der Waals surface area contributed by atoms with Gasteiger partial charge in [0.15, 0.2) is 0 Å². The molecule has 3 N–H and O–H groups in total. The van der Waals surface area contributed by atoms with Gasteiger partial charge in [0.2, 0.25) is 5.88 Å². The van der Waals surface area contributed by atoms with E-state index in [1.807, 2.05) is 0 Å². The van der Waals surface area contributed by atoms with E-state index in [9.17, 15) is 0 Å². The average Bonchev–Trinajstić information content (AvgIpc) is 2.25. The van der Waals surface area contributed by atoms with Crippen molar-refractivity contribution in [3.05, 3.63) is 23.9 Å². The number of aromatic nitrogens is 1. The predicted molar refractivity (Wildman–Crippen MR) is 57.2 cm³/mol. The van der Waals surface area contributed by atoms with E-state index >= 15 is 0 Å². The lowest BCUT2D eigenvalue weighted by molar-refractivity contribution is 0.170. The van der Waals surface area contributed by atoms with Crippen molar-refractivity contribution in [2.24, 2.45) is 5.73 Å². The van der Waals surface area contributed by atoms with Crippen molar-refractivity contribution in [2.45, 2.75) is 6.42 Å². The number of nitrogens with zero attached hydrogens (tertiary/aromatic N) is 1. The number of pyridine rings is 1. The van der Waals surface area contributed by atoms with E-state index < -0.39 is 0 Å². The lowest BCUT2D eigenvalue weighted by atomic mass is 10.2. The summed E-state index contributed by atoms with van der Waals surface area (Å²) < 4.78 is 10.3. The summed E-state index contributed by atoms with van der Waals surface area (Å²) in [6.07, 6.45) is 2.39. The van der Waals surface area contributed by atoms with Gasteiger partial charge in [-0.05, 0) is 12.1 Å². The molecule has 0 radical (unpaired) electrons. The van der Waals surface area contributed by atoms with E-state index in [4.69, 9.17) is 20.6 Å². The maximum absolute atomic E-state index is 7.33. The maximum atomic E-state index is 7.33. The van der Waals surface area contributed by atoms with Crippen LogP contribution in [0.5, 0.6) is 5.88 Å². The second-order valence-corrected chi connectivity index (χ2v) is 2.96. The van der Waals surface area contributed by atoms with Crippen LogP contribution < -0.4 is 10.5 Å². The number of methoxy groups -OCH3 is 1. The van der Waals surface area contributed by atoms with Crippen LogP contribution in [-0.2, 0) is 4.74 Å². The van der Waals surface area contributed by atoms with Crippen molar-refractivity contribution in [1.29, 1.82) is 5.41 Å². The number of nitrogens with two attached hydrogens (primary N) is 1. The molecule has 0 fully saturated rings. The zero-order valence-corrected chi connectivity index (χ0v) is 8.69. The third kappa shape index (κ3) is 3.55. The van der Waals surface area contributed by atoms with Crippen LogP contribution in [0.15, 0.2) is 18.3 Å². The first-order valence-electron chi connectivity index (χ1n) is 4.67. The van der Waals surface area contributed by atoms with Gasteiger partial charge in [-0.15, -0.1) is 0 Å². The number of hydrogen-bond donors (Lipinski definition) is 2. The SMILES string of the molecule is COCCCOc1ncccc1C(=N)N. The molecule has 0 saturated heterocycles. The summed E-state index contributed by atoms with van der Waals surface area (Å²) >= 11 is 0. The molecule has 0 bridgehead atoms. The molecular formula is C10H15N3O2. The highest BCUT2D eigenvalue weighted by Gasteiger charge is 2.06. The fourth-order valence-electron chi connectivity index (χ4n) is 1.08. The van der Waals surface area contributed by atoms with Gasteiger partial charge in [-0.25, -0.2) is 4.98 Å². The summed E-state index contributed by atoms with van der Waals surface area (Å²) in [5.74, 6) is 0.367. The first-order valence-corrected chi connectivity index (χ1v) is 4.67. The minimum atomic E-state index is -0.0372. The zero-order valence-electron chi connectivity index (χ0n) is 8.69. The van der Waals surface area contributed by atoms with Gasteiger partial charge in [0, 0.05) is 26.3 Å². The van der Waals surface area contributed by atoms with Crippen LogP contribution in [0.25, 0.3) is 0 Å². The fraction of sp³-hybridized carbons (Fsp3) is 0.400. The fourth-order valence-corrected chi connectivity index (χ4v) is 1.08. The molecule has 0 aliphatic rings. The molecule has 0 saturated carbocycles. The molecule has 5 nitrogen and oxygen atoms in total. The average molecular weight is 209 g/mol. The highest BCUT2D eigenvalue weighted by atomic mass is 16.5. The first-order chi connectivity index (χ1) is 7.25. The van der Waals surface area contributed by atoms with Crippen LogP contribution in [0.3, 0.4) is 0 Å². The van der Waals surface area contributed by atoms with Crippen LogP contribution in [0.1, 0.15) is 12.0 Å². The van der Waals surface area contributed by atoms with E-state index in [1.165, 1.54) is 0 Å². The van der Waals surface area contributed by atoms with Gasteiger partial charge in [-0.1, -0.05) is 0 Å². The Morgan fingerprint density at radius 3 is 3.00 bits per heavy atom. The van der Waals surface area contributed by atoms with Gasteiger partial charge in [-0.2, -0.15) is 0 Å². The van der Waals surface area contributed by atoms with Crippen molar-refractivity contribution in [3.63, 3.8) is 0 Å². The van der Waals surface area contributed by atoms with Crippen LogP contribution in [0.4, 0.5) is 0 Å². The summed E-state index contributed by atoms with van der Waals surface area (Å²) in [6, 6.07) is 3.43. The quantitative estimate of drug-likeness (QED) is 0.412. The second-order valence-electron chi connectivity index (χ2n) is 2.96. The van der Waals surface area contributed by atoms with Crippen molar-refractivity contribution in [3.8, 4) is 5.88 Å². The Hall–Kier alpha value is -1.62. The molecule has 0 aliphatic heterocycles. The Kier molecular flexibility index (Phi) is 4.56. The van der Waals surface area contributed by atoms with Gasteiger partial charge >= 0.3 is 0 Å². The normalized spacial score (nSPS) is 9.93. The summed E-state index contributed by atoms with van der Waals surface area (Å²) in [7, 11) is 1.64. The van der Waals surface area contributed by atoms with Gasteiger partial charge in [0.1, 0.15) is 5.84 Å². The number of nitrogens with one attached hydrogen (secondary N) is 1. The van der Waals surface area contributed by atoms with Crippen molar-refractivity contribution < 1.29 is 9.47 Å². The van der Waals surface area contributed by atoms with Gasteiger partial charge in [0.05, 0.1) is 12.2 Å². The minimum absolute atomic E-state index is 0.0372. The summed E-state index contributed by atoms with van der Waals surface area (Å²) in [4.78, 5) is 4.01. The molecule has 82 valence electrons. The third-order valence-corrected chi connectivity index (χ3v) is 1.79. The lowest BCUT2D eigenvalue weighted by Gasteiger charge is -2.08. The lowest BCUT2D eigenvalue weighted by Crippen LogP contribution is -2.14. The van der Waals surface area contributed by atoms with Crippen LogP contribution in [-0.4, -0.2) is 31.1 Å². The topological polar surface area (TPSA) is 81.2 Å². The Morgan fingerprint density at radius 1 is 1.53 bits per heavy atom. The van der Waals surface area contributed by atoms with E-state index in [0.717, 1.165) is 6.42 Å². The molecular weight excluding hydrogens is 194 g/mol. The molecule has 1 heterocycles. The molecule has 1 aromatic rings. The van der Waals surface area contributed by atoms with Crippen LogP contribution in [0, 0.1) is 5.41 Å². The van der Waals surface area contributed by atoms with Gasteiger partial charge in [-0.3, -0.25) is 5.41 Å². The number of nitrogen functional groups attached to an aromatic ring is 1. The van der Waals surface area contributed by atoms with Crippen LogP contribution >= 0.6 is 0 Å². The van der Waals surface area contributed by atoms with Crippen molar-refractivity contribution in [1.82, 2.24) is 4.98 Å².